The number of amides is 1. The molecule has 0 aliphatic rings. The minimum absolute atomic E-state index is 0. The molecule has 1 rings (SSSR count). The van der Waals surface area contributed by atoms with Gasteiger partial charge in [-0.1, -0.05) is 12.1 Å². The molecule has 0 aliphatic heterocycles. The molecule has 0 fully saturated rings. The number of hydrogen-bond acceptors (Lipinski definition) is 6. The van der Waals surface area contributed by atoms with Crippen LogP contribution < -0.4 is 15.8 Å². The van der Waals surface area contributed by atoms with Gasteiger partial charge < -0.3 is 11.1 Å². The maximum Gasteiger partial charge on any atom is 0.289 e. The predicted octanol–water partition coefficient (Wildman–Crippen LogP) is -0.242. The van der Waals surface area contributed by atoms with Crippen molar-refractivity contribution >= 4 is 34.0 Å². The molecule has 22 heavy (non-hydrogen) atoms. The zero-order chi connectivity index (χ0) is 16.0. The summed E-state index contributed by atoms with van der Waals surface area (Å²) < 4.78 is 26.1. The van der Waals surface area contributed by atoms with Gasteiger partial charge in [0.2, 0.25) is 15.9 Å². The minimum Gasteiger partial charge on any atom is -0.353 e. The fourth-order valence-electron chi connectivity index (χ4n) is 1.45. The summed E-state index contributed by atoms with van der Waals surface area (Å²) in [5.41, 5.74) is 4.81. The van der Waals surface area contributed by atoms with E-state index in [1.54, 1.807) is 0 Å². The van der Waals surface area contributed by atoms with Crippen molar-refractivity contribution in [3.63, 3.8) is 0 Å². The lowest BCUT2D eigenvalue weighted by Gasteiger charge is -2.09. The zero-order valence-corrected chi connectivity index (χ0v) is 13.3. The van der Waals surface area contributed by atoms with Crippen LogP contribution in [0.1, 0.15) is 6.92 Å². The summed E-state index contributed by atoms with van der Waals surface area (Å²) >= 11 is 0. The average Bonchev–Trinajstić information content (AvgIpc) is 2.43. The van der Waals surface area contributed by atoms with Crippen LogP contribution in [-0.2, 0) is 14.8 Å². The van der Waals surface area contributed by atoms with E-state index in [2.05, 4.69) is 10.0 Å². The molecule has 0 unspecified atom stereocenters. The second kappa shape index (κ2) is 8.63. The van der Waals surface area contributed by atoms with Gasteiger partial charge in [0.25, 0.3) is 5.69 Å². The quantitative estimate of drug-likeness (QED) is 0.351. The maximum atomic E-state index is 12.0. The topological polar surface area (TPSA) is 144 Å². The lowest BCUT2D eigenvalue weighted by atomic mass is 10.3. The highest BCUT2D eigenvalue weighted by atomic mass is 35.5. The van der Waals surface area contributed by atoms with Gasteiger partial charge in [0.15, 0.2) is 4.90 Å². The molecule has 4 N–H and O–H groups in total. The summed E-state index contributed by atoms with van der Waals surface area (Å²) in [6.07, 6.45) is 0. The van der Waals surface area contributed by atoms with Crippen molar-refractivity contribution in [3.8, 4) is 0 Å². The van der Waals surface area contributed by atoms with Crippen LogP contribution in [-0.4, -0.2) is 38.4 Å². The monoisotopic (exact) mass is 352 g/mol. The fraction of sp³-hybridized carbons (Fsp3) is 0.364. The number of nitro benzene ring substituents is 1. The number of rotatable bonds is 7. The van der Waals surface area contributed by atoms with E-state index in [9.17, 15) is 23.3 Å². The molecular weight excluding hydrogens is 336 g/mol. The van der Waals surface area contributed by atoms with E-state index in [1.807, 2.05) is 0 Å². The van der Waals surface area contributed by atoms with Crippen LogP contribution in [0.25, 0.3) is 0 Å². The van der Waals surface area contributed by atoms with E-state index in [0.29, 0.717) is 0 Å². The van der Waals surface area contributed by atoms with Gasteiger partial charge in [0.1, 0.15) is 0 Å². The molecule has 0 heterocycles. The third-order valence-electron chi connectivity index (χ3n) is 2.48. The lowest BCUT2D eigenvalue weighted by molar-refractivity contribution is -0.387. The van der Waals surface area contributed by atoms with Crippen molar-refractivity contribution in [2.75, 3.05) is 13.1 Å². The number of carbonyl (C=O) groups excluding carboxylic acids is 1. The van der Waals surface area contributed by atoms with Gasteiger partial charge >= 0.3 is 0 Å². The highest BCUT2D eigenvalue weighted by molar-refractivity contribution is 7.89. The number of nitrogens with zero attached hydrogens (tertiary/aromatic N) is 1. The molecule has 124 valence electrons. The molecule has 11 heteroatoms. The van der Waals surface area contributed by atoms with E-state index in [4.69, 9.17) is 5.73 Å². The van der Waals surface area contributed by atoms with Crippen LogP contribution >= 0.6 is 12.4 Å². The molecule has 0 saturated heterocycles. The standard InChI is InChI=1S/C11H16N4O5S.ClH/c1-8(12)11(16)13-6-7-14-21(19,20)10-5-3-2-4-9(10)15(17)18;/h2-5,8,14H,6-7,12H2,1H3,(H,13,16);1H/t8-;/m0./s1. The summed E-state index contributed by atoms with van der Waals surface area (Å²) in [6.45, 7) is 1.42. The lowest BCUT2D eigenvalue weighted by Crippen LogP contribution is -2.42. The van der Waals surface area contributed by atoms with Gasteiger partial charge in [-0.25, -0.2) is 13.1 Å². The summed E-state index contributed by atoms with van der Waals surface area (Å²) in [6, 6.07) is 4.31. The Kier molecular flexibility index (Phi) is 7.95. The van der Waals surface area contributed by atoms with Crippen LogP contribution in [0.5, 0.6) is 0 Å². The van der Waals surface area contributed by atoms with Crippen LogP contribution in [0, 0.1) is 10.1 Å². The number of sulfonamides is 1. The molecule has 0 saturated carbocycles. The third-order valence-corrected chi connectivity index (χ3v) is 3.99. The van der Waals surface area contributed by atoms with Gasteiger partial charge in [0.05, 0.1) is 11.0 Å². The Labute approximate surface area is 133 Å². The Morgan fingerprint density at radius 2 is 1.95 bits per heavy atom. The van der Waals surface area contributed by atoms with Crippen molar-refractivity contribution in [3.05, 3.63) is 34.4 Å². The number of nitro groups is 1. The van der Waals surface area contributed by atoms with Crippen molar-refractivity contribution < 1.29 is 18.1 Å². The van der Waals surface area contributed by atoms with E-state index >= 15 is 0 Å². The molecule has 0 aliphatic carbocycles. The number of benzene rings is 1. The number of nitrogens with one attached hydrogen (secondary N) is 2. The number of para-hydroxylation sites is 1. The Balaban J connectivity index is 0.00000441. The number of hydrogen-bond donors (Lipinski definition) is 3. The Morgan fingerprint density at radius 1 is 1.36 bits per heavy atom. The molecule has 0 radical (unpaired) electrons. The van der Waals surface area contributed by atoms with Crippen LogP contribution in [0.3, 0.4) is 0 Å². The maximum absolute atomic E-state index is 12.0. The smallest absolute Gasteiger partial charge is 0.289 e. The van der Waals surface area contributed by atoms with Gasteiger partial charge in [-0.2, -0.15) is 0 Å². The molecule has 0 bridgehead atoms. The number of carbonyl (C=O) groups is 1. The molecule has 9 nitrogen and oxygen atoms in total. The largest absolute Gasteiger partial charge is 0.353 e. The molecule has 0 aromatic heterocycles. The number of halogens is 1. The van der Waals surface area contributed by atoms with Crippen LogP contribution in [0.15, 0.2) is 29.2 Å². The summed E-state index contributed by atoms with van der Waals surface area (Å²) in [5, 5.41) is 13.2. The first-order valence-electron chi connectivity index (χ1n) is 6.02. The van der Waals surface area contributed by atoms with Gasteiger partial charge in [-0.05, 0) is 13.0 Å². The summed E-state index contributed by atoms with van der Waals surface area (Å²) in [5.74, 6) is -0.417. The van der Waals surface area contributed by atoms with Crippen LogP contribution in [0.2, 0.25) is 0 Å². The van der Waals surface area contributed by atoms with Crippen molar-refractivity contribution in [1.29, 1.82) is 0 Å². The molecular formula is C11H17ClN4O5S. The van der Waals surface area contributed by atoms with Gasteiger partial charge in [0, 0.05) is 19.2 Å². The second-order valence-corrected chi connectivity index (χ2v) is 5.94. The average molecular weight is 353 g/mol. The third kappa shape index (κ3) is 5.56. The Hall–Kier alpha value is -1.75. The second-order valence-electron chi connectivity index (χ2n) is 4.20. The van der Waals surface area contributed by atoms with Crippen molar-refractivity contribution in [1.82, 2.24) is 10.0 Å². The molecule has 1 amide bonds. The minimum atomic E-state index is -4.03. The van der Waals surface area contributed by atoms with Crippen LogP contribution in [0.4, 0.5) is 5.69 Å². The zero-order valence-electron chi connectivity index (χ0n) is 11.7. The number of nitrogens with two attached hydrogens (primary N) is 1. The predicted molar refractivity (Wildman–Crippen MR) is 82.2 cm³/mol. The highest BCUT2D eigenvalue weighted by Crippen LogP contribution is 2.22. The first-order valence-corrected chi connectivity index (χ1v) is 7.50. The van der Waals surface area contributed by atoms with E-state index < -0.39 is 37.5 Å². The summed E-state index contributed by atoms with van der Waals surface area (Å²) in [4.78, 5) is 20.8. The van der Waals surface area contributed by atoms with E-state index in [1.165, 1.54) is 19.1 Å². The SMILES string of the molecule is C[C@H](N)C(=O)NCCNS(=O)(=O)c1ccccc1[N+](=O)[O-].Cl. The highest BCUT2D eigenvalue weighted by Gasteiger charge is 2.24. The van der Waals surface area contributed by atoms with Gasteiger partial charge in [-0.3, -0.25) is 14.9 Å². The Bertz CT molecular complexity index is 635. The van der Waals surface area contributed by atoms with Gasteiger partial charge in [-0.15, -0.1) is 12.4 Å². The Morgan fingerprint density at radius 3 is 2.50 bits per heavy atom. The normalized spacial score (nSPS) is 12.1. The van der Waals surface area contributed by atoms with E-state index in [0.717, 1.165) is 12.1 Å². The molecule has 1 atom stereocenters. The van der Waals surface area contributed by atoms with Crippen molar-refractivity contribution in [2.45, 2.75) is 17.9 Å². The summed E-state index contributed by atoms with van der Waals surface area (Å²) in [7, 11) is -4.03. The van der Waals surface area contributed by atoms with E-state index in [-0.39, 0.29) is 25.5 Å². The fourth-order valence-corrected chi connectivity index (χ4v) is 2.65. The van der Waals surface area contributed by atoms with Crippen molar-refractivity contribution in [2.24, 2.45) is 5.73 Å². The molecule has 1 aromatic rings. The first-order chi connectivity index (χ1) is 9.75. The first kappa shape index (κ1) is 20.2. The molecule has 0 spiro atoms. The molecule has 1 aromatic carbocycles.